The minimum Gasteiger partial charge on any atom is -0.348 e. The van der Waals surface area contributed by atoms with Crippen molar-refractivity contribution >= 4 is 17.7 Å². The topological polar surface area (TPSA) is 51.0 Å². The summed E-state index contributed by atoms with van der Waals surface area (Å²) in [5.41, 5.74) is 1.43. The van der Waals surface area contributed by atoms with Gasteiger partial charge in [0.15, 0.2) is 11.0 Å². The van der Waals surface area contributed by atoms with E-state index in [0.29, 0.717) is 23.1 Å². The summed E-state index contributed by atoms with van der Waals surface area (Å²) < 4.78 is 16.2. The first-order valence-corrected chi connectivity index (χ1v) is 9.45. The van der Waals surface area contributed by atoms with Crippen LogP contribution in [-0.2, 0) is 11.3 Å². The van der Waals surface area contributed by atoms with Crippen molar-refractivity contribution in [2.24, 2.45) is 0 Å². The maximum Gasteiger partial charge on any atom is 0.235 e. The van der Waals surface area contributed by atoms with Gasteiger partial charge in [-0.1, -0.05) is 54.2 Å². The number of nitrogens with zero attached hydrogens (tertiary/aromatic N) is 4. The minimum atomic E-state index is -0.354. The summed E-state index contributed by atoms with van der Waals surface area (Å²) in [5.74, 6) is 0.0823. The molecule has 27 heavy (non-hydrogen) atoms. The predicted molar refractivity (Wildman–Crippen MR) is 105 cm³/mol. The summed E-state index contributed by atoms with van der Waals surface area (Å²) in [6.45, 7) is 2.32. The van der Waals surface area contributed by atoms with Gasteiger partial charge in [0.1, 0.15) is 5.82 Å². The van der Waals surface area contributed by atoms with Crippen molar-refractivity contribution in [3.63, 3.8) is 0 Å². The highest BCUT2D eigenvalue weighted by Crippen LogP contribution is 2.29. The largest absolute Gasteiger partial charge is 0.348 e. The quantitative estimate of drug-likeness (QED) is 0.608. The van der Waals surface area contributed by atoms with Crippen LogP contribution in [0.25, 0.3) is 11.4 Å². The lowest BCUT2D eigenvalue weighted by atomic mass is 10.2. The van der Waals surface area contributed by atoms with Crippen molar-refractivity contribution in [2.75, 3.05) is 14.1 Å². The lowest BCUT2D eigenvalue weighted by molar-refractivity contribution is -0.127. The van der Waals surface area contributed by atoms with Crippen LogP contribution in [0.3, 0.4) is 0 Å². The molecule has 0 bridgehead atoms. The number of hydrogen-bond donors (Lipinski definition) is 0. The Bertz CT molecular complexity index is 927. The highest BCUT2D eigenvalue weighted by Gasteiger charge is 2.23. The van der Waals surface area contributed by atoms with Crippen molar-refractivity contribution in [3.8, 4) is 11.4 Å². The molecule has 3 rings (SSSR count). The van der Waals surface area contributed by atoms with Gasteiger partial charge >= 0.3 is 0 Å². The van der Waals surface area contributed by atoms with Gasteiger partial charge in [-0.15, -0.1) is 10.2 Å². The van der Waals surface area contributed by atoms with Crippen molar-refractivity contribution < 1.29 is 9.18 Å². The molecule has 5 nitrogen and oxygen atoms in total. The number of thioether (sulfide) groups is 1. The van der Waals surface area contributed by atoms with Gasteiger partial charge in [-0.05, 0) is 24.6 Å². The van der Waals surface area contributed by atoms with Gasteiger partial charge in [0.2, 0.25) is 5.91 Å². The van der Waals surface area contributed by atoms with Gasteiger partial charge in [-0.25, -0.2) is 4.39 Å². The lowest BCUT2D eigenvalue weighted by Crippen LogP contribution is -2.29. The van der Waals surface area contributed by atoms with Crippen LogP contribution >= 0.6 is 11.8 Å². The van der Waals surface area contributed by atoms with E-state index in [0.717, 1.165) is 5.56 Å². The first-order chi connectivity index (χ1) is 13.0. The van der Waals surface area contributed by atoms with E-state index in [-0.39, 0.29) is 17.0 Å². The number of amides is 1. The molecule has 1 heterocycles. The summed E-state index contributed by atoms with van der Waals surface area (Å²) >= 11 is 1.32. The molecule has 0 radical (unpaired) electrons. The fraction of sp³-hybridized carbons (Fsp3) is 0.250. The van der Waals surface area contributed by atoms with E-state index < -0.39 is 0 Å². The molecule has 0 N–H and O–H groups in total. The highest BCUT2D eigenvalue weighted by molar-refractivity contribution is 8.00. The third-order valence-electron chi connectivity index (χ3n) is 4.09. The average molecular weight is 384 g/mol. The van der Waals surface area contributed by atoms with E-state index in [1.165, 1.54) is 17.8 Å². The number of hydrogen-bond acceptors (Lipinski definition) is 4. The Hall–Kier alpha value is -2.67. The summed E-state index contributed by atoms with van der Waals surface area (Å²) in [6, 6.07) is 16.3. The fourth-order valence-electron chi connectivity index (χ4n) is 2.70. The van der Waals surface area contributed by atoms with Crippen LogP contribution in [0, 0.1) is 5.82 Å². The molecular formula is C20H21FN4OS. The van der Waals surface area contributed by atoms with E-state index in [1.807, 2.05) is 41.8 Å². The molecule has 2 aromatic carbocycles. The van der Waals surface area contributed by atoms with Gasteiger partial charge < -0.3 is 4.90 Å². The first kappa shape index (κ1) is 19.1. The Labute approximate surface area is 162 Å². The van der Waals surface area contributed by atoms with Crippen LogP contribution < -0.4 is 0 Å². The fourth-order valence-corrected chi connectivity index (χ4v) is 3.69. The number of carbonyl (C=O) groups is 1. The molecule has 0 saturated carbocycles. The van der Waals surface area contributed by atoms with E-state index in [9.17, 15) is 9.18 Å². The lowest BCUT2D eigenvalue weighted by Gasteiger charge is -2.17. The number of rotatable bonds is 6. The molecule has 1 aromatic heterocycles. The molecule has 1 amide bonds. The Morgan fingerprint density at radius 3 is 2.44 bits per heavy atom. The molecule has 140 valence electrons. The minimum absolute atomic E-state index is 0.0123. The maximum atomic E-state index is 14.4. The Morgan fingerprint density at radius 1 is 1.11 bits per heavy atom. The Kier molecular flexibility index (Phi) is 5.91. The summed E-state index contributed by atoms with van der Waals surface area (Å²) in [7, 11) is 3.44. The first-order valence-electron chi connectivity index (χ1n) is 8.57. The second kappa shape index (κ2) is 8.35. The molecule has 0 spiro atoms. The molecule has 1 unspecified atom stereocenters. The zero-order valence-electron chi connectivity index (χ0n) is 15.5. The van der Waals surface area contributed by atoms with Crippen LogP contribution in [0.4, 0.5) is 4.39 Å². The van der Waals surface area contributed by atoms with Gasteiger partial charge in [0.25, 0.3) is 0 Å². The van der Waals surface area contributed by atoms with Crippen LogP contribution in [0.15, 0.2) is 59.8 Å². The van der Waals surface area contributed by atoms with E-state index in [2.05, 4.69) is 10.2 Å². The standard InChI is InChI=1S/C20H21FN4OS/c1-14(19(26)24(2)3)27-20-23-22-18(16-11-7-8-12-17(16)21)25(20)13-15-9-5-4-6-10-15/h4-12,14H,13H2,1-3H3. The molecule has 0 fully saturated rings. The Morgan fingerprint density at radius 2 is 1.78 bits per heavy atom. The van der Waals surface area contributed by atoms with Crippen LogP contribution in [0.5, 0.6) is 0 Å². The number of carbonyl (C=O) groups excluding carboxylic acids is 1. The summed E-state index contributed by atoms with van der Waals surface area (Å²) in [5, 5.41) is 8.73. The predicted octanol–water partition coefficient (Wildman–Crippen LogP) is 3.70. The maximum absolute atomic E-state index is 14.4. The van der Waals surface area contributed by atoms with Crippen LogP contribution in [0.1, 0.15) is 12.5 Å². The van der Waals surface area contributed by atoms with Crippen molar-refractivity contribution in [2.45, 2.75) is 23.9 Å². The zero-order valence-corrected chi connectivity index (χ0v) is 16.3. The zero-order chi connectivity index (χ0) is 19.4. The van der Waals surface area contributed by atoms with Crippen LogP contribution in [-0.4, -0.2) is 44.9 Å². The highest BCUT2D eigenvalue weighted by atomic mass is 32.2. The van der Waals surface area contributed by atoms with E-state index in [4.69, 9.17) is 0 Å². The average Bonchev–Trinajstić information content (AvgIpc) is 3.04. The van der Waals surface area contributed by atoms with Crippen molar-refractivity contribution in [3.05, 3.63) is 66.0 Å². The molecule has 7 heteroatoms. The molecule has 0 aliphatic heterocycles. The molecule has 0 aliphatic carbocycles. The number of aromatic nitrogens is 3. The van der Waals surface area contributed by atoms with Gasteiger partial charge in [0, 0.05) is 14.1 Å². The van der Waals surface area contributed by atoms with Gasteiger partial charge in [0.05, 0.1) is 17.4 Å². The monoisotopic (exact) mass is 384 g/mol. The Balaban J connectivity index is 2.01. The summed E-state index contributed by atoms with van der Waals surface area (Å²) in [6.07, 6.45) is 0. The molecule has 0 aliphatic rings. The molecule has 3 aromatic rings. The van der Waals surface area contributed by atoms with E-state index >= 15 is 0 Å². The van der Waals surface area contributed by atoms with Crippen molar-refractivity contribution in [1.29, 1.82) is 0 Å². The molecule has 1 atom stereocenters. The third-order valence-corrected chi connectivity index (χ3v) is 5.15. The van der Waals surface area contributed by atoms with Crippen molar-refractivity contribution in [1.82, 2.24) is 19.7 Å². The normalized spacial score (nSPS) is 12.0. The van der Waals surface area contributed by atoms with E-state index in [1.54, 1.807) is 37.2 Å². The number of benzene rings is 2. The molecular weight excluding hydrogens is 363 g/mol. The van der Waals surface area contributed by atoms with Gasteiger partial charge in [-0.2, -0.15) is 0 Å². The third kappa shape index (κ3) is 4.36. The van der Waals surface area contributed by atoms with Crippen LogP contribution in [0.2, 0.25) is 0 Å². The summed E-state index contributed by atoms with van der Waals surface area (Å²) in [4.78, 5) is 13.8. The second-order valence-corrected chi connectivity index (χ2v) is 7.66. The SMILES string of the molecule is CC(Sc1nnc(-c2ccccc2F)n1Cc1ccccc1)C(=O)N(C)C. The molecule has 0 saturated heterocycles. The smallest absolute Gasteiger partial charge is 0.235 e. The van der Waals surface area contributed by atoms with Gasteiger partial charge in [-0.3, -0.25) is 9.36 Å². The second-order valence-electron chi connectivity index (χ2n) is 6.35. The number of halogens is 1.